The van der Waals surface area contributed by atoms with E-state index in [0.717, 1.165) is 105 Å². The summed E-state index contributed by atoms with van der Waals surface area (Å²) < 4.78 is 13.2. The Bertz CT molecular complexity index is 3240. The molecule has 0 radical (unpaired) electrons. The van der Waals surface area contributed by atoms with E-state index in [9.17, 15) is 0 Å². The largest absolute Gasteiger partial charge is 0.455 e. The maximum Gasteiger partial charge on any atom is 0.160 e. The Hall–Kier alpha value is -7.63. The van der Waals surface area contributed by atoms with Crippen LogP contribution in [0, 0.1) is 0 Å². The Morgan fingerprint density at radius 1 is 0.339 bits per heavy atom. The van der Waals surface area contributed by atoms with Crippen molar-refractivity contribution in [2.75, 3.05) is 0 Å². The van der Waals surface area contributed by atoms with Crippen molar-refractivity contribution in [1.82, 2.24) is 15.0 Å². The van der Waals surface area contributed by atoms with Crippen molar-refractivity contribution < 1.29 is 8.83 Å². The molecule has 4 aromatic heterocycles. The van der Waals surface area contributed by atoms with E-state index < -0.39 is 0 Å². The molecule has 5 heteroatoms. The number of fused-ring (bicyclic) bond motifs is 6. The number of pyridine rings is 1. The normalized spacial score (nSPS) is 11.6. The van der Waals surface area contributed by atoms with Gasteiger partial charge in [-0.2, -0.15) is 0 Å². The molecule has 4 heterocycles. The lowest BCUT2D eigenvalue weighted by atomic mass is 9.93. The highest BCUT2D eigenvalue weighted by Crippen LogP contribution is 2.44. The minimum Gasteiger partial charge on any atom is -0.455 e. The fourth-order valence-electron chi connectivity index (χ4n) is 7.92. The van der Waals surface area contributed by atoms with Gasteiger partial charge in [0.25, 0.3) is 0 Å². The third-order valence-corrected chi connectivity index (χ3v) is 10.6. The Balaban J connectivity index is 1.04. The van der Waals surface area contributed by atoms with Gasteiger partial charge < -0.3 is 8.83 Å². The Morgan fingerprint density at radius 2 is 0.929 bits per heavy atom. The minimum atomic E-state index is 0.662. The number of nitrogens with zero attached hydrogens (tertiary/aromatic N) is 3. The van der Waals surface area contributed by atoms with Gasteiger partial charge in [0.2, 0.25) is 0 Å². The summed E-state index contributed by atoms with van der Waals surface area (Å²) in [6.45, 7) is 0. The molecule has 56 heavy (non-hydrogen) atoms. The van der Waals surface area contributed by atoms with Crippen LogP contribution < -0.4 is 0 Å². The summed E-state index contributed by atoms with van der Waals surface area (Å²) in [6, 6.07) is 60.6. The second kappa shape index (κ2) is 13.0. The van der Waals surface area contributed by atoms with E-state index in [0.29, 0.717) is 5.82 Å². The van der Waals surface area contributed by atoms with Crippen LogP contribution in [-0.4, -0.2) is 15.0 Å². The van der Waals surface area contributed by atoms with Crippen LogP contribution in [0.3, 0.4) is 0 Å². The molecule has 11 aromatic rings. The highest BCUT2D eigenvalue weighted by Gasteiger charge is 2.21. The molecule has 7 aromatic carbocycles. The van der Waals surface area contributed by atoms with Crippen molar-refractivity contribution in [2.24, 2.45) is 0 Å². The van der Waals surface area contributed by atoms with Crippen molar-refractivity contribution in [3.05, 3.63) is 188 Å². The highest BCUT2D eigenvalue weighted by atomic mass is 16.3. The Kier molecular flexibility index (Phi) is 7.42. The first-order chi connectivity index (χ1) is 27.7. The third kappa shape index (κ3) is 5.37. The average Bonchev–Trinajstić information content (AvgIpc) is 3.86. The van der Waals surface area contributed by atoms with Gasteiger partial charge in [0, 0.05) is 61.8 Å². The quantitative estimate of drug-likeness (QED) is 0.171. The first kappa shape index (κ1) is 31.9. The topological polar surface area (TPSA) is 65.0 Å². The van der Waals surface area contributed by atoms with E-state index in [4.69, 9.17) is 18.8 Å². The van der Waals surface area contributed by atoms with Gasteiger partial charge in [-0.1, -0.05) is 133 Å². The first-order valence-corrected chi connectivity index (χ1v) is 18.7. The lowest BCUT2D eigenvalue weighted by Crippen LogP contribution is -1.96. The van der Waals surface area contributed by atoms with Gasteiger partial charge in [0.05, 0.1) is 11.4 Å². The summed E-state index contributed by atoms with van der Waals surface area (Å²) in [4.78, 5) is 14.5. The van der Waals surface area contributed by atoms with Crippen molar-refractivity contribution in [1.29, 1.82) is 0 Å². The van der Waals surface area contributed by atoms with Crippen molar-refractivity contribution in [3.8, 4) is 67.3 Å². The lowest BCUT2D eigenvalue weighted by Gasteiger charge is -2.12. The van der Waals surface area contributed by atoms with Crippen LogP contribution in [0.25, 0.3) is 111 Å². The fourth-order valence-corrected chi connectivity index (χ4v) is 7.92. The molecule has 0 spiro atoms. The highest BCUT2D eigenvalue weighted by molar-refractivity contribution is 6.18. The van der Waals surface area contributed by atoms with E-state index in [1.807, 2.05) is 67.0 Å². The summed E-state index contributed by atoms with van der Waals surface area (Å²) in [5, 5.41) is 4.33. The summed E-state index contributed by atoms with van der Waals surface area (Å²) in [7, 11) is 0. The fraction of sp³-hybridized carbons (Fsp3) is 0. The molecule has 0 unspecified atom stereocenters. The number of rotatable bonds is 6. The summed E-state index contributed by atoms with van der Waals surface area (Å²) in [5.41, 5.74) is 14.5. The third-order valence-electron chi connectivity index (χ3n) is 10.6. The second-order valence-corrected chi connectivity index (χ2v) is 14.0. The second-order valence-electron chi connectivity index (χ2n) is 14.0. The van der Waals surface area contributed by atoms with E-state index in [1.54, 1.807) is 0 Å². The van der Waals surface area contributed by atoms with Gasteiger partial charge in [0.15, 0.2) is 5.82 Å². The molecular weight excluding hydrogens is 687 g/mol. The predicted molar refractivity (Wildman–Crippen MR) is 227 cm³/mol. The van der Waals surface area contributed by atoms with Crippen LogP contribution in [-0.2, 0) is 0 Å². The van der Waals surface area contributed by atoms with Gasteiger partial charge in [0.1, 0.15) is 22.3 Å². The van der Waals surface area contributed by atoms with Gasteiger partial charge in [-0.15, -0.1) is 0 Å². The number of para-hydroxylation sites is 3. The molecule has 5 nitrogen and oxygen atoms in total. The monoisotopic (exact) mass is 717 g/mol. The van der Waals surface area contributed by atoms with Gasteiger partial charge in [-0.05, 0) is 64.7 Å². The molecule has 0 N–H and O–H groups in total. The maximum absolute atomic E-state index is 6.70. The SMILES string of the molecule is c1ccc(-c2cc(-c3cccc(-c4ccncc4)c3)nc(-c3ccc(-c4ccc(-c5cccc6c5oc5ccccc56)c5oc6ccccc6c45)cc3)n2)cc1. The van der Waals surface area contributed by atoms with Crippen LogP contribution in [0.2, 0.25) is 0 Å². The average molecular weight is 718 g/mol. The van der Waals surface area contributed by atoms with Crippen LogP contribution >= 0.6 is 0 Å². The summed E-state index contributed by atoms with van der Waals surface area (Å²) in [6.07, 6.45) is 3.64. The van der Waals surface area contributed by atoms with Crippen molar-refractivity contribution >= 4 is 43.9 Å². The zero-order chi connectivity index (χ0) is 37.0. The minimum absolute atomic E-state index is 0.662. The zero-order valence-corrected chi connectivity index (χ0v) is 30.1. The number of hydrogen-bond donors (Lipinski definition) is 0. The molecule has 0 saturated carbocycles. The van der Waals surface area contributed by atoms with Crippen LogP contribution in [0.15, 0.2) is 197 Å². The molecule has 0 aliphatic carbocycles. The van der Waals surface area contributed by atoms with Crippen LogP contribution in [0.5, 0.6) is 0 Å². The number of furan rings is 2. The molecule has 11 rings (SSSR count). The smallest absolute Gasteiger partial charge is 0.160 e. The van der Waals surface area contributed by atoms with E-state index in [2.05, 4.69) is 126 Å². The van der Waals surface area contributed by atoms with E-state index >= 15 is 0 Å². The van der Waals surface area contributed by atoms with Crippen molar-refractivity contribution in [2.45, 2.75) is 0 Å². The summed E-state index contributed by atoms with van der Waals surface area (Å²) >= 11 is 0. The van der Waals surface area contributed by atoms with Crippen LogP contribution in [0.1, 0.15) is 0 Å². The molecule has 0 saturated heterocycles. The Labute approximate surface area is 322 Å². The first-order valence-electron chi connectivity index (χ1n) is 18.7. The van der Waals surface area contributed by atoms with Crippen LogP contribution in [0.4, 0.5) is 0 Å². The van der Waals surface area contributed by atoms with E-state index in [1.165, 1.54) is 0 Å². The van der Waals surface area contributed by atoms with Crippen molar-refractivity contribution in [3.63, 3.8) is 0 Å². The lowest BCUT2D eigenvalue weighted by molar-refractivity contribution is 0.665. The van der Waals surface area contributed by atoms with Gasteiger partial charge in [-0.3, -0.25) is 4.98 Å². The van der Waals surface area contributed by atoms with Gasteiger partial charge in [-0.25, -0.2) is 9.97 Å². The number of benzene rings is 7. The zero-order valence-electron chi connectivity index (χ0n) is 30.1. The molecule has 0 aliphatic rings. The molecule has 0 fully saturated rings. The maximum atomic E-state index is 6.70. The standard InChI is InChI=1S/C51H31N3O2/c1-2-10-34(11-3-1)44-31-45(37-13-8-12-36(30-37)32-26-28-52-29-27-32)54-51(53-44)35-22-20-33(21-23-35)38-24-25-42(50-48(38)43-15-5-7-19-47(43)56-50)41-17-9-16-40-39-14-4-6-18-46(39)55-49(40)41/h1-31H. The number of aromatic nitrogens is 3. The molecular formula is C51H31N3O2. The molecule has 0 amide bonds. The van der Waals surface area contributed by atoms with E-state index in [-0.39, 0.29) is 0 Å². The van der Waals surface area contributed by atoms with Gasteiger partial charge >= 0.3 is 0 Å². The molecule has 0 bridgehead atoms. The summed E-state index contributed by atoms with van der Waals surface area (Å²) in [5.74, 6) is 0.662. The molecule has 262 valence electrons. The Morgan fingerprint density at radius 3 is 1.75 bits per heavy atom. The molecule has 0 atom stereocenters. The molecule has 0 aliphatic heterocycles. The number of hydrogen-bond acceptors (Lipinski definition) is 5. The predicted octanol–water partition coefficient (Wildman–Crippen LogP) is 13.7.